The molecule has 20 heavy (non-hydrogen) atoms. The summed E-state index contributed by atoms with van der Waals surface area (Å²) < 4.78 is 5.70. The highest BCUT2D eigenvalue weighted by atomic mass is 35.5. The summed E-state index contributed by atoms with van der Waals surface area (Å²) in [4.78, 5) is 16.5. The normalized spacial score (nSPS) is 27.7. The molecule has 2 fully saturated rings. The number of amides is 1. The minimum atomic E-state index is -0.409. The van der Waals surface area contributed by atoms with Gasteiger partial charge in [-0.15, -0.1) is 24.8 Å². The number of pyridine rings is 1. The quantitative estimate of drug-likeness (QED) is 0.869. The molecule has 0 aliphatic carbocycles. The van der Waals surface area contributed by atoms with Gasteiger partial charge in [0.2, 0.25) is 5.91 Å². The van der Waals surface area contributed by atoms with Gasteiger partial charge in [0.1, 0.15) is 0 Å². The molecular weight excluding hydrogens is 301 g/mol. The van der Waals surface area contributed by atoms with Crippen molar-refractivity contribution in [1.29, 1.82) is 0 Å². The highest BCUT2D eigenvalue weighted by Gasteiger charge is 2.51. The average molecular weight is 320 g/mol. The number of carbonyl (C=O) groups excluding carboxylic acids is 1. The molecule has 0 radical (unpaired) electrons. The summed E-state index contributed by atoms with van der Waals surface area (Å²) in [5.74, 6) is 0.0465. The molecule has 3 rings (SSSR count). The maximum atomic E-state index is 12.5. The zero-order chi connectivity index (χ0) is 12.4. The predicted molar refractivity (Wildman–Crippen MR) is 81.6 cm³/mol. The molecule has 1 aromatic rings. The largest absolute Gasteiger partial charge is 0.377 e. The molecule has 3 heterocycles. The van der Waals surface area contributed by atoms with Gasteiger partial charge in [0, 0.05) is 19.3 Å². The van der Waals surface area contributed by atoms with Gasteiger partial charge < -0.3 is 15.4 Å². The zero-order valence-electron chi connectivity index (χ0n) is 11.0. The first-order valence-electron chi connectivity index (χ1n) is 6.35. The van der Waals surface area contributed by atoms with Crippen LogP contribution in [0.1, 0.15) is 12.8 Å². The molecule has 0 aromatic carbocycles. The van der Waals surface area contributed by atoms with Crippen molar-refractivity contribution in [2.45, 2.75) is 18.9 Å². The number of fused-ring (bicyclic) bond motifs is 1. The Morgan fingerprint density at radius 1 is 1.50 bits per heavy atom. The smallest absolute Gasteiger partial charge is 0.234 e. The van der Waals surface area contributed by atoms with Crippen molar-refractivity contribution in [2.24, 2.45) is 5.41 Å². The maximum Gasteiger partial charge on any atom is 0.234 e. The number of nitrogens with zero attached hydrogens (tertiary/aromatic N) is 1. The maximum absolute atomic E-state index is 12.5. The van der Waals surface area contributed by atoms with Crippen molar-refractivity contribution in [1.82, 2.24) is 10.3 Å². The lowest BCUT2D eigenvalue weighted by atomic mass is 9.76. The van der Waals surface area contributed by atoms with Gasteiger partial charge in [0.25, 0.3) is 0 Å². The van der Waals surface area contributed by atoms with E-state index in [1.807, 2.05) is 12.1 Å². The molecule has 7 heteroatoms. The van der Waals surface area contributed by atoms with Crippen LogP contribution in [0.25, 0.3) is 0 Å². The highest BCUT2D eigenvalue weighted by molar-refractivity contribution is 5.96. The highest BCUT2D eigenvalue weighted by Crippen LogP contribution is 2.39. The Morgan fingerprint density at radius 2 is 2.35 bits per heavy atom. The molecular formula is C13H19Cl2N3O2. The van der Waals surface area contributed by atoms with Gasteiger partial charge in [-0.2, -0.15) is 0 Å². The number of anilines is 1. The molecule has 112 valence electrons. The molecule has 2 aliphatic rings. The summed E-state index contributed by atoms with van der Waals surface area (Å²) in [7, 11) is 0. The Morgan fingerprint density at radius 3 is 3.10 bits per heavy atom. The second-order valence-corrected chi connectivity index (χ2v) is 4.93. The molecule has 1 aromatic heterocycles. The van der Waals surface area contributed by atoms with Crippen molar-refractivity contribution >= 4 is 36.4 Å². The molecule has 0 spiro atoms. The number of piperidine rings is 1. The van der Waals surface area contributed by atoms with Crippen molar-refractivity contribution in [2.75, 3.05) is 25.0 Å². The van der Waals surface area contributed by atoms with E-state index in [0.717, 1.165) is 25.1 Å². The van der Waals surface area contributed by atoms with Crippen LogP contribution in [0.2, 0.25) is 0 Å². The first kappa shape index (κ1) is 17.2. The third-order valence-corrected chi connectivity index (χ3v) is 3.88. The lowest BCUT2D eigenvalue weighted by molar-refractivity contribution is -0.130. The number of nitrogens with one attached hydrogen (secondary N) is 2. The first-order chi connectivity index (χ1) is 8.81. The number of hydrogen-bond acceptors (Lipinski definition) is 4. The van der Waals surface area contributed by atoms with Crippen molar-refractivity contribution in [3.63, 3.8) is 0 Å². The van der Waals surface area contributed by atoms with E-state index in [1.165, 1.54) is 0 Å². The van der Waals surface area contributed by atoms with Crippen molar-refractivity contribution in [3.05, 3.63) is 24.5 Å². The zero-order valence-corrected chi connectivity index (χ0v) is 12.6. The van der Waals surface area contributed by atoms with E-state index in [1.54, 1.807) is 12.4 Å². The number of aromatic nitrogens is 1. The fourth-order valence-electron chi connectivity index (χ4n) is 2.84. The summed E-state index contributed by atoms with van der Waals surface area (Å²) in [5, 5.41) is 6.26. The van der Waals surface area contributed by atoms with Gasteiger partial charge in [-0.3, -0.25) is 9.78 Å². The van der Waals surface area contributed by atoms with Gasteiger partial charge in [0.15, 0.2) is 0 Å². The number of halogens is 2. The molecule has 0 unspecified atom stereocenters. The van der Waals surface area contributed by atoms with Gasteiger partial charge in [0.05, 0.1) is 23.4 Å². The summed E-state index contributed by atoms with van der Waals surface area (Å²) in [5.41, 5.74) is 0.335. The van der Waals surface area contributed by atoms with Crippen LogP contribution in [-0.4, -0.2) is 36.7 Å². The van der Waals surface area contributed by atoms with Crippen LogP contribution in [-0.2, 0) is 9.53 Å². The Hall–Kier alpha value is -0.880. The third kappa shape index (κ3) is 3.06. The van der Waals surface area contributed by atoms with Crippen LogP contribution in [0.5, 0.6) is 0 Å². The molecule has 2 atom stereocenters. The molecule has 5 nitrogen and oxygen atoms in total. The van der Waals surface area contributed by atoms with Gasteiger partial charge in [-0.25, -0.2) is 0 Å². The van der Waals surface area contributed by atoms with Crippen LogP contribution < -0.4 is 10.6 Å². The van der Waals surface area contributed by atoms with Crippen LogP contribution >= 0.6 is 24.8 Å². The van der Waals surface area contributed by atoms with Crippen molar-refractivity contribution in [3.8, 4) is 0 Å². The summed E-state index contributed by atoms with van der Waals surface area (Å²) >= 11 is 0. The van der Waals surface area contributed by atoms with Crippen LogP contribution in [0.15, 0.2) is 24.5 Å². The van der Waals surface area contributed by atoms with E-state index in [4.69, 9.17) is 4.74 Å². The lowest BCUT2D eigenvalue weighted by Crippen LogP contribution is -2.54. The topological polar surface area (TPSA) is 63.2 Å². The second-order valence-electron chi connectivity index (χ2n) is 4.93. The van der Waals surface area contributed by atoms with Crippen molar-refractivity contribution < 1.29 is 9.53 Å². The summed E-state index contributed by atoms with van der Waals surface area (Å²) in [6.45, 7) is 2.29. The SMILES string of the molecule is Cl.Cl.O=C(Nc1cccnc1)[C@@]12CCO[C@@H]1CCNC2. The number of ether oxygens (including phenoxy) is 1. The molecule has 2 N–H and O–H groups in total. The van der Waals surface area contributed by atoms with Gasteiger partial charge >= 0.3 is 0 Å². The monoisotopic (exact) mass is 319 g/mol. The van der Waals surface area contributed by atoms with Gasteiger partial charge in [-0.1, -0.05) is 0 Å². The van der Waals surface area contributed by atoms with Crippen LogP contribution in [0.4, 0.5) is 5.69 Å². The Labute approximate surface area is 130 Å². The fraction of sp³-hybridized carbons (Fsp3) is 0.538. The summed E-state index contributed by atoms with van der Waals surface area (Å²) in [6.07, 6.45) is 5.10. The molecule has 1 amide bonds. The Kier molecular flexibility index (Phi) is 6.20. The predicted octanol–water partition coefficient (Wildman–Crippen LogP) is 1.63. The lowest BCUT2D eigenvalue weighted by Gasteiger charge is -2.36. The second kappa shape index (κ2) is 7.22. The molecule has 2 saturated heterocycles. The third-order valence-electron chi connectivity index (χ3n) is 3.88. The molecule has 0 saturated carbocycles. The van der Waals surface area contributed by atoms with E-state index in [2.05, 4.69) is 15.6 Å². The number of carbonyl (C=O) groups is 1. The van der Waals surface area contributed by atoms with E-state index in [-0.39, 0.29) is 36.8 Å². The van der Waals surface area contributed by atoms with Gasteiger partial charge in [-0.05, 0) is 31.5 Å². The molecule has 0 bridgehead atoms. The van der Waals surface area contributed by atoms with Crippen LogP contribution in [0.3, 0.4) is 0 Å². The Bertz CT molecular complexity index is 447. The standard InChI is InChI=1S/C13H17N3O2.2ClH/c17-12(16-10-2-1-5-14-8-10)13-4-7-18-11(13)3-6-15-9-13;;/h1-2,5,8,11,15H,3-4,6-7,9H2,(H,16,17);2*1H/t11-,13-;;/m1../s1. The minimum Gasteiger partial charge on any atom is -0.377 e. The number of hydrogen-bond donors (Lipinski definition) is 2. The fourth-order valence-corrected chi connectivity index (χ4v) is 2.84. The van der Waals surface area contributed by atoms with E-state index >= 15 is 0 Å². The first-order valence-corrected chi connectivity index (χ1v) is 6.35. The minimum absolute atomic E-state index is 0. The molecule has 2 aliphatic heterocycles. The van der Waals surface area contributed by atoms with E-state index in [0.29, 0.717) is 13.2 Å². The van der Waals surface area contributed by atoms with Crippen LogP contribution in [0, 0.1) is 5.41 Å². The Balaban J connectivity index is 0.000001000. The summed E-state index contributed by atoms with van der Waals surface area (Å²) in [6, 6.07) is 3.66. The average Bonchev–Trinajstić information content (AvgIpc) is 2.85. The number of rotatable bonds is 2. The van der Waals surface area contributed by atoms with E-state index < -0.39 is 5.41 Å². The van der Waals surface area contributed by atoms with E-state index in [9.17, 15) is 4.79 Å².